The third-order valence-electron chi connectivity index (χ3n) is 5.19. The van der Waals surface area contributed by atoms with Crippen molar-refractivity contribution in [2.24, 2.45) is 0 Å². The van der Waals surface area contributed by atoms with Crippen molar-refractivity contribution in [3.8, 4) is 0 Å². The van der Waals surface area contributed by atoms with Crippen molar-refractivity contribution >= 4 is 5.69 Å². The largest absolute Gasteiger partial charge is 0.366 e. The van der Waals surface area contributed by atoms with Crippen molar-refractivity contribution in [2.45, 2.75) is 71.4 Å². The van der Waals surface area contributed by atoms with Crippen LogP contribution in [0.25, 0.3) is 0 Å². The average Bonchev–Trinajstić information content (AvgIpc) is 2.83. The Morgan fingerprint density at radius 3 is 2.39 bits per heavy atom. The fourth-order valence-electron chi connectivity index (χ4n) is 3.78. The van der Waals surface area contributed by atoms with Gasteiger partial charge in [0, 0.05) is 29.7 Å². The van der Waals surface area contributed by atoms with Crippen LogP contribution < -0.4 is 10.2 Å². The summed E-state index contributed by atoms with van der Waals surface area (Å²) in [7, 11) is 0. The summed E-state index contributed by atoms with van der Waals surface area (Å²) in [5.74, 6) is 0. The molecule has 1 aliphatic rings. The van der Waals surface area contributed by atoms with Crippen molar-refractivity contribution in [1.82, 2.24) is 5.32 Å². The van der Waals surface area contributed by atoms with Crippen LogP contribution in [-0.4, -0.2) is 25.1 Å². The van der Waals surface area contributed by atoms with Crippen molar-refractivity contribution in [2.75, 3.05) is 18.0 Å². The lowest BCUT2D eigenvalue weighted by Gasteiger charge is -2.37. The molecule has 1 heterocycles. The summed E-state index contributed by atoms with van der Waals surface area (Å²) in [4.78, 5) is 2.48. The monoisotopic (exact) mass is 324 g/mol. The molecule has 0 spiro atoms. The van der Waals surface area contributed by atoms with E-state index in [4.69, 9.17) is 0 Å². The normalized spacial score (nSPS) is 17.0. The number of nitrogens with one attached hydrogen (secondary N) is 1. The van der Waals surface area contributed by atoms with E-state index in [1.165, 1.54) is 16.8 Å². The van der Waals surface area contributed by atoms with Gasteiger partial charge in [-0.15, -0.1) is 0 Å². The molecule has 2 nitrogen and oxygen atoms in total. The molecule has 0 bridgehead atoms. The van der Waals surface area contributed by atoms with Crippen LogP contribution in [0.2, 0.25) is 0 Å². The van der Waals surface area contributed by atoms with Gasteiger partial charge < -0.3 is 10.2 Å². The third kappa shape index (κ3) is 3.52. The molecule has 2 rings (SSSR count). The molecule has 0 aromatic heterocycles. The van der Waals surface area contributed by atoms with Crippen LogP contribution in [0.1, 0.15) is 58.6 Å². The van der Waals surface area contributed by atoms with E-state index in [-0.39, 0.29) is 17.5 Å². The molecule has 0 amide bonds. The zero-order valence-corrected chi connectivity index (χ0v) is 15.0. The average molecular weight is 324 g/mol. The van der Waals surface area contributed by atoms with Gasteiger partial charge in [0.05, 0.1) is 6.54 Å². The van der Waals surface area contributed by atoms with Crippen LogP contribution in [0.4, 0.5) is 14.5 Å². The van der Waals surface area contributed by atoms with Gasteiger partial charge in [-0.1, -0.05) is 26.0 Å². The maximum absolute atomic E-state index is 12.4. The number of nitrogens with zero attached hydrogens (tertiary/aromatic N) is 1. The summed E-state index contributed by atoms with van der Waals surface area (Å²) >= 11 is 0. The van der Waals surface area contributed by atoms with E-state index < -0.39 is 6.43 Å². The summed E-state index contributed by atoms with van der Waals surface area (Å²) in [5, 5.41) is 2.90. The Morgan fingerprint density at radius 2 is 1.87 bits per heavy atom. The van der Waals surface area contributed by atoms with E-state index >= 15 is 0 Å². The van der Waals surface area contributed by atoms with Gasteiger partial charge in [0.15, 0.2) is 0 Å². The summed E-state index contributed by atoms with van der Waals surface area (Å²) < 4.78 is 24.9. The summed E-state index contributed by atoms with van der Waals surface area (Å²) in [5.41, 5.74) is 3.97. The fourth-order valence-corrected chi connectivity index (χ4v) is 3.78. The van der Waals surface area contributed by atoms with E-state index in [1.54, 1.807) is 0 Å². The minimum absolute atomic E-state index is 0.0515. The second-order valence-corrected chi connectivity index (χ2v) is 7.58. The van der Waals surface area contributed by atoms with Crippen molar-refractivity contribution in [3.05, 3.63) is 29.3 Å². The van der Waals surface area contributed by atoms with Gasteiger partial charge in [-0.3, -0.25) is 0 Å². The Balaban J connectivity index is 2.43. The van der Waals surface area contributed by atoms with Gasteiger partial charge >= 0.3 is 0 Å². The number of fused-ring (bicyclic) bond motifs is 1. The van der Waals surface area contributed by atoms with Crippen LogP contribution in [-0.2, 0) is 12.0 Å². The Morgan fingerprint density at radius 1 is 1.22 bits per heavy atom. The van der Waals surface area contributed by atoms with Gasteiger partial charge in [0.2, 0.25) is 0 Å². The van der Waals surface area contributed by atoms with Crippen molar-refractivity contribution in [3.63, 3.8) is 0 Å². The second kappa shape index (κ2) is 6.76. The first kappa shape index (κ1) is 18.2. The topological polar surface area (TPSA) is 15.3 Å². The smallest absolute Gasteiger partial charge is 0.250 e. The molecular weight excluding hydrogens is 294 g/mol. The molecule has 1 aromatic carbocycles. The summed E-state index contributed by atoms with van der Waals surface area (Å²) in [6, 6.07) is 6.33. The number of benzene rings is 1. The van der Waals surface area contributed by atoms with Gasteiger partial charge in [0.1, 0.15) is 0 Å². The molecular formula is C19H30F2N2. The zero-order valence-electron chi connectivity index (χ0n) is 15.0. The van der Waals surface area contributed by atoms with Crippen LogP contribution in [0.3, 0.4) is 0 Å². The Kier molecular flexibility index (Phi) is 5.34. The molecule has 0 unspecified atom stereocenters. The predicted molar refractivity (Wildman–Crippen MR) is 93.5 cm³/mol. The van der Waals surface area contributed by atoms with Crippen LogP contribution in [0.15, 0.2) is 18.2 Å². The van der Waals surface area contributed by atoms with Crippen molar-refractivity contribution in [1.29, 1.82) is 0 Å². The molecule has 1 aromatic rings. The lowest BCUT2D eigenvalue weighted by molar-refractivity contribution is 0.145. The first-order valence-corrected chi connectivity index (χ1v) is 8.64. The number of halogens is 2. The lowest BCUT2D eigenvalue weighted by Crippen LogP contribution is -2.44. The molecule has 1 aliphatic heterocycles. The first-order valence-electron chi connectivity index (χ1n) is 8.64. The molecule has 0 atom stereocenters. The Bertz CT molecular complexity index is 531. The predicted octanol–water partition coefficient (Wildman–Crippen LogP) is 4.72. The lowest BCUT2D eigenvalue weighted by atomic mass is 9.75. The van der Waals surface area contributed by atoms with Gasteiger partial charge in [0.25, 0.3) is 6.43 Å². The molecule has 130 valence electrons. The SMILES string of the molecule is CCC1(CC)CN(C(C)(C)C)c2cccc(CNCC(F)F)c21. The number of hydrogen-bond donors (Lipinski definition) is 1. The molecule has 1 N–H and O–H groups in total. The molecule has 0 aliphatic carbocycles. The zero-order chi connectivity index (χ0) is 17.3. The highest BCUT2D eigenvalue weighted by Gasteiger charge is 2.44. The molecule has 23 heavy (non-hydrogen) atoms. The molecule has 0 fully saturated rings. The maximum Gasteiger partial charge on any atom is 0.250 e. The standard InChI is InChI=1S/C19H30F2N2/c1-6-19(7-2)13-23(18(3,4)5)15-10-8-9-14(17(15)19)11-22-12-16(20)21/h8-10,16,22H,6-7,11-13H2,1-5H3. The maximum atomic E-state index is 12.4. The van der Waals surface area contributed by atoms with E-state index in [9.17, 15) is 8.78 Å². The van der Waals surface area contributed by atoms with Crippen LogP contribution in [0.5, 0.6) is 0 Å². The highest BCUT2D eigenvalue weighted by molar-refractivity contribution is 5.66. The first-order chi connectivity index (χ1) is 10.7. The van der Waals surface area contributed by atoms with E-state index in [0.29, 0.717) is 6.54 Å². The van der Waals surface area contributed by atoms with E-state index in [0.717, 1.165) is 19.4 Å². The fraction of sp³-hybridized carbons (Fsp3) is 0.684. The molecule has 4 heteroatoms. The van der Waals surface area contributed by atoms with E-state index in [2.05, 4.69) is 63.0 Å². The number of anilines is 1. The molecule has 0 radical (unpaired) electrons. The highest BCUT2D eigenvalue weighted by Crippen LogP contribution is 2.49. The summed E-state index contributed by atoms with van der Waals surface area (Å²) in [6.45, 7) is 12.4. The van der Waals surface area contributed by atoms with Crippen molar-refractivity contribution < 1.29 is 8.78 Å². The quantitative estimate of drug-likeness (QED) is 0.814. The minimum atomic E-state index is -2.31. The van der Waals surface area contributed by atoms with Gasteiger partial charge in [-0.25, -0.2) is 8.78 Å². The Labute approximate surface area is 139 Å². The van der Waals surface area contributed by atoms with Gasteiger partial charge in [-0.05, 0) is 50.8 Å². The minimum Gasteiger partial charge on any atom is -0.366 e. The number of hydrogen-bond acceptors (Lipinski definition) is 2. The number of rotatable bonds is 6. The molecule has 0 saturated heterocycles. The third-order valence-corrected chi connectivity index (χ3v) is 5.19. The second-order valence-electron chi connectivity index (χ2n) is 7.58. The van der Waals surface area contributed by atoms with Gasteiger partial charge in [-0.2, -0.15) is 0 Å². The van der Waals surface area contributed by atoms with Crippen LogP contribution in [0, 0.1) is 0 Å². The van der Waals surface area contributed by atoms with Crippen LogP contribution >= 0.6 is 0 Å². The highest BCUT2D eigenvalue weighted by atomic mass is 19.3. The van der Waals surface area contributed by atoms with E-state index in [1.807, 2.05) is 0 Å². The summed E-state index contributed by atoms with van der Waals surface area (Å²) in [6.07, 6.45) is -0.177. The Hall–Kier alpha value is -1.16. The number of alkyl halides is 2. The molecule has 0 saturated carbocycles.